The standard InChI is InChI=1S/C34H42F6N6O3S/c35-33(36,37)26-15-21(16-27(30(26)41)34(38,39)40)14-22(31(48)45-12-4-24(5-13-45)43-8-2-1-3-9-43)17-29(47)44-10-6-25(7-11-44)46-18-23-19-50-20-28(23)42-32(46)49/h15-16,19-20,22,24-25H,1-14,17-18,41H2,(H,42,49)/t22-/m0/s1. The number of likely N-dealkylation sites (tertiary alicyclic amines) is 3. The van der Waals surface area contributed by atoms with Crippen molar-refractivity contribution in [2.45, 2.75) is 88.8 Å². The van der Waals surface area contributed by atoms with Gasteiger partial charge in [0.25, 0.3) is 0 Å². The number of nitrogens with one attached hydrogen (secondary N) is 1. The third-order valence-corrected chi connectivity index (χ3v) is 11.4. The summed E-state index contributed by atoms with van der Waals surface area (Å²) in [5, 5.41) is 6.74. The van der Waals surface area contributed by atoms with Crippen LogP contribution in [-0.4, -0.2) is 88.8 Å². The van der Waals surface area contributed by atoms with Crippen molar-refractivity contribution in [3.63, 3.8) is 0 Å². The monoisotopic (exact) mass is 728 g/mol. The minimum absolute atomic E-state index is 0.123. The first-order chi connectivity index (χ1) is 23.7. The van der Waals surface area contributed by atoms with E-state index in [9.17, 15) is 40.7 Å². The van der Waals surface area contributed by atoms with Gasteiger partial charge in [0.05, 0.1) is 35.0 Å². The van der Waals surface area contributed by atoms with Crippen LogP contribution in [0.25, 0.3) is 0 Å². The first-order valence-corrected chi connectivity index (χ1v) is 18.1. The molecule has 3 saturated heterocycles. The number of anilines is 2. The van der Waals surface area contributed by atoms with Crippen LogP contribution in [0.4, 0.5) is 42.5 Å². The van der Waals surface area contributed by atoms with Gasteiger partial charge >= 0.3 is 18.4 Å². The highest BCUT2D eigenvalue weighted by molar-refractivity contribution is 7.08. The molecule has 4 aliphatic rings. The zero-order valence-electron chi connectivity index (χ0n) is 27.6. The number of carbonyl (C=O) groups excluding carboxylic acids is 3. The maximum atomic E-state index is 14.0. The van der Waals surface area contributed by atoms with Crippen molar-refractivity contribution in [1.82, 2.24) is 19.6 Å². The maximum absolute atomic E-state index is 14.0. The summed E-state index contributed by atoms with van der Waals surface area (Å²) >= 11 is 1.49. The van der Waals surface area contributed by atoms with Crippen molar-refractivity contribution in [2.24, 2.45) is 5.92 Å². The third-order valence-electron chi connectivity index (χ3n) is 10.6. The number of benzene rings is 1. The minimum Gasteiger partial charge on any atom is -0.398 e. The molecule has 0 spiro atoms. The molecule has 6 rings (SSSR count). The molecule has 3 N–H and O–H groups in total. The Labute approximate surface area is 290 Å². The zero-order valence-corrected chi connectivity index (χ0v) is 28.4. The first-order valence-electron chi connectivity index (χ1n) is 17.2. The molecule has 274 valence electrons. The Kier molecular flexibility index (Phi) is 10.6. The summed E-state index contributed by atoms with van der Waals surface area (Å²) in [4.78, 5) is 47.8. The van der Waals surface area contributed by atoms with E-state index in [2.05, 4.69) is 10.2 Å². The average Bonchev–Trinajstić information content (AvgIpc) is 3.54. The second-order valence-corrected chi connectivity index (χ2v) is 14.6. The molecule has 0 radical (unpaired) electrons. The largest absolute Gasteiger partial charge is 0.418 e. The van der Waals surface area contributed by atoms with Gasteiger partial charge in [-0.3, -0.25) is 9.59 Å². The van der Waals surface area contributed by atoms with Crippen LogP contribution in [0.1, 0.15) is 73.6 Å². The topological polar surface area (TPSA) is 102 Å². The summed E-state index contributed by atoms with van der Waals surface area (Å²) in [6, 6.07) is 1.09. The fourth-order valence-corrected chi connectivity index (χ4v) is 8.66. The quantitative estimate of drug-likeness (QED) is 0.253. The van der Waals surface area contributed by atoms with E-state index in [0.717, 1.165) is 37.2 Å². The number of carbonyl (C=O) groups is 3. The van der Waals surface area contributed by atoms with Crippen LogP contribution < -0.4 is 11.1 Å². The molecule has 50 heavy (non-hydrogen) atoms. The highest BCUT2D eigenvalue weighted by Crippen LogP contribution is 2.42. The highest BCUT2D eigenvalue weighted by atomic mass is 32.1. The van der Waals surface area contributed by atoms with Crippen LogP contribution >= 0.6 is 11.3 Å². The number of rotatable bonds is 7. The molecule has 1 aromatic carbocycles. The van der Waals surface area contributed by atoms with E-state index >= 15 is 0 Å². The fraction of sp³-hybridized carbons (Fsp3) is 0.618. The molecule has 1 atom stereocenters. The Hall–Kier alpha value is -3.53. The van der Waals surface area contributed by atoms with E-state index in [-0.39, 0.29) is 24.1 Å². The molecule has 0 saturated carbocycles. The number of hydrogen-bond acceptors (Lipinski definition) is 6. The minimum atomic E-state index is -5.16. The number of fused-ring (bicyclic) bond motifs is 1. The summed E-state index contributed by atoms with van der Waals surface area (Å²) in [6.07, 6.45) is -5.38. The predicted octanol–water partition coefficient (Wildman–Crippen LogP) is 6.43. The number of nitrogen functional groups attached to an aromatic ring is 1. The average molecular weight is 729 g/mol. The fourth-order valence-electron chi connectivity index (χ4n) is 7.88. The molecular weight excluding hydrogens is 686 g/mol. The van der Waals surface area contributed by atoms with Gasteiger partial charge in [-0.05, 0) is 81.1 Å². The van der Waals surface area contributed by atoms with Gasteiger partial charge in [0, 0.05) is 55.6 Å². The van der Waals surface area contributed by atoms with Crippen molar-refractivity contribution in [3.05, 3.63) is 45.1 Å². The normalized spacial score (nSPS) is 20.8. The van der Waals surface area contributed by atoms with E-state index in [0.29, 0.717) is 76.6 Å². The molecule has 0 unspecified atom stereocenters. The zero-order chi connectivity index (χ0) is 35.8. The molecule has 4 amide bonds. The molecule has 9 nitrogen and oxygen atoms in total. The smallest absolute Gasteiger partial charge is 0.398 e. The number of piperidine rings is 3. The summed E-state index contributed by atoms with van der Waals surface area (Å²) in [6.45, 7) is 3.81. The van der Waals surface area contributed by atoms with Gasteiger partial charge in [0.2, 0.25) is 11.8 Å². The second-order valence-electron chi connectivity index (χ2n) is 13.8. The molecule has 16 heteroatoms. The number of halogens is 6. The van der Waals surface area contributed by atoms with Gasteiger partial charge in [0.1, 0.15) is 0 Å². The first kappa shape index (κ1) is 36.3. The van der Waals surface area contributed by atoms with Crippen LogP contribution in [0, 0.1) is 5.92 Å². The highest BCUT2D eigenvalue weighted by Gasteiger charge is 2.42. The molecule has 2 aromatic rings. The van der Waals surface area contributed by atoms with Crippen molar-refractivity contribution < 1.29 is 40.7 Å². The molecule has 4 aliphatic heterocycles. The molecule has 3 fully saturated rings. The number of thiophene rings is 1. The van der Waals surface area contributed by atoms with E-state index in [4.69, 9.17) is 5.73 Å². The lowest BCUT2D eigenvalue weighted by Crippen LogP contribution is -2.52. The van der Waals surface area contributed by atoms with Crippen LogP contribution in [0.3, 0.4) is 0 Å². The third kappa shape index (κ3) is 8.00. The second kappa shape index (κ2) is 14.6. The number of urea groups is 1. The number of nitrogens with zero attached hydrogens (tertiary/aromatic N) is 4. The van der Waals surface area contributed by atoms with Gasteiger partial charge in [-0.1, -0.05) is 6.42 Å². The van der Waals surface area contributed by atoms with Gasteiger partial charge < -0.3 is 30.7 Å². The summed E-state index contributed by atoms with van der Waals surface area (Å²) in [5.41, 5.74) is 2.14. The Balaban J connectivity index is 1.18. The van der Waals surface area contributed by atoms with Crippen molar-refractivity contribution >= 4 is 40.6 Å². The van der Waals surface area contributed by atoms with E-state index in [1.165, 1.54) is 17.8 Å². The van der Waals surface area contributed by atoms with E-state index < -0.39 is 53.3 Å². The lowest BCUT2D eigenvalue weighted by molar-refractivity contribution is -0.143. The van der Waals surface area contributed by atoms with Crippen LogP contribution in [0.2, 0.25) is 0 Å². The number of alkyl halides is 6. The SMILES string of the molecule is Nc1c(C(F)(F)F)cc(C[C@@H](CC(=O)N2CCC(N3Cc4cscc4NC3=O)CC2)C(=O)N2CCC(N3CCCCC3)CC2)cc1C(F)(F)F. The van der Waals surface area contributed by atoms with Crippen LogP contribution in [-0.2, 0) is 34.9 Å². The Bertz CT molecular complexity index is 1520. The summed E-state index contributed by atoms with van der Waals surface area (Å²) in [5.74, 6) is -2.04. The van der Waals surface area contributed by atoms with E-state index in [1.54, 1.807) is 14.7 Å². The molecule has 0 aliphatic carbocycles. The van der Waals surface area contributed by atoms with Crippen LogP contribution in [0.5, 0.6) is 0 Å². The summed E-state index contributed by atoms with van der Waals surface area (Å²) < 4.78 is 83.2. The number of amides is 4. The lowest BCUT2D eigenvalue weighted by Gasteiger charge is -2.41. The summed E-state index contributed by atoms with van der Waals surface area (Å²) in [7, 11) is 0. The Morgan fingerprint density at radius 3 is 2.02 bits per heavy atom. The predicted molar refractivity (Wildman–Crippen MR) is 176 cm³/mol. The lowest BCUT2D eigenvalue weighted by atomic mass is 9.89. The molecule has 1 aromatic heterocycles. The van der Waals surface area contributed by atoms with Gasteiger partial charge in [0.15, 0.2) is 0 Å². The molecule has 5 heterocycles. The molecular formula is C34H42F6N6O3S. The maximum Gasteiger partial charge on any atom is 0.418 e. The Morgan fingerprint density at radius 1 is 0.840 bits per heavy atom. The van der Waals surface area contributed by atoms with Gasteiger partial charge in [-0.25, -0.2) is 4.79 Å². The Morgan fingerprint density at radius 2 is 1.42 bits per heavy atom. The van der Waals surface area contributed by atoms with E-state index in [1.807, 2.05) is 10.8 Å². The van der Waals surface area contributed by atoms with Crippen LogP contribution in [0.15, 0.2) is 22.9 Å². The van der Waals surface area contributed by atoms with Crippen molar-refractivity contribution in [2.75, 3.05) is 50.3 Å². The van der Waals surface area contributed by atoms with Crippen molar-refractivity contribution in [3.8, 4) is 0 Å². The van der Waals surface area contributed by atoms with Crippen molar-refractivity contribution in [1.29, 1.82) is 0 Å². The van der Waals surface area contributed by atoms with Gasteiger partial charge in [-0.2, -0.15) is 26.3 Å². The molecule has 0 bridgehead atoms. The van der Waals surface area contributed by atoms with Gasteiger partial charge in [-0.15, -0.1) is 11.3 Å². The number of hydrogen-bond donors (Lipinski definition) is 2. The number of nitrogens with two attached hydrogens (primary N) is 1.